The first-order chi connectivity index (χ1) is 10.2. The molecule has 2 aromatic rings. The van der Waals surface area contributed by atoms with Crippen LogP contribution in [-0.4, -0.2) is 21.9 Å². The Labute approximate surface area is 128 Å². The van der Waals surface area contributed by atoms with Gasteiger partial charge in [0.2, 0.25) is 0 Å². The Bertz CT molecular complexity index is 649. The quantitative estimate of drug-likeness (QED) is 0.911. The number of rotatable bonds is 4. The summed E-state index contributed by atoms with van der Waals surface area (Å²) in [5.74, 6) is 1.70. The van der Waals surface area contributed by atoms with Crippen LogP contribution >= 0.6 is 11.8 Å². The van der Waals surface area contributed by atoms with E-state index < -0.39 is 0 Å². The molecule has 1 aromatic carbocycles. The summed E-state index contributed by atoms with van der Waals surface area (Å²) in [5, 5.41) is 19.4. The van der Waals surface area contributed by atoms with Gasteiger partial charge in [0.1, 0.15) is 11.1 Å². The zero-order chi connectivity index (χ0) is 15.0. The van der Waals surface area contributed by atoms with Crippen molar-refractivity contribution in [3.8, 4) is 5.75 Å². The van der Waals surface area contributed by atoms with Gasteiger partial charge in [-0.2, -0.15) is 0 Å². The summed E-state index contributed by atoms with van der Waals surface area (Å²) in [5.41, 5.74) is 5.13. The Morgan fingerprint density at radius 3 is 2.43 bits per heavy atom. The SMILES string of the molecule is COc1ccc([C@@H]2SCc3c(CO)c(CO)c(C)n32)cc1. The van der Waals surface area contributed by atoms with Crippen LogP contribution in [0.2, 0.25) is 0 Å². The number of nitrogens with zero attached hydrogens (tertiary/aromatic N) is 1. The Morgan fingerprint density at radius 1 is 1.19 bits per heavy atom. The van der Waals surface area contributed by atoms with Gasteiger partial charge in [-0.3, -0.25) is 0 Å². The van der Waals surface area contributed by atoms with E-state index in [0.717, 1.165) is 34.0 Å². The highest BCUT2D eigenvalue weighted by Gasteiger charge is 2.30. The third kappa shape index (κ3) is 2.25. The summed E-state index contributed by atoms with van der Waals surface area (Å²) in [6.07, 6.45) is 0. The predicted molar refractivity (Wildman–Crippen MR) is 83.4 cm³/mol. The molecule has 1 atom stereocenters. The van der Waals surface area contributed by atoms with Gasteiger partial charge in [0.15, 0.2) is 0 Å². The molecule has 0 fully saturated rings. The molecule has 0 bridgehead atoms. The fourth-order valence-corrected chi connectivity index (χ4v) is 4.42. The minimum Gasteiger partial charge on any atom is -0.497 e. The first kappa shape index (κ1) is 14.5. The normalized spacial score (nSPS) is 17.0. The lowest BCUT2D eigenvalue weighted by molar-refractivity contribution is 0.260. The fourth-order valence-electron chi connectivity index (χ4n) is 3.00. The highest BCUT2D eigenvalue weighted by Crippen LogP contribution is 2.45. The van der Waals surface area contributed by atoms with Crippen LogP contribution in [0.25, 0.3) is 0 Å². The Morgan fingerprint density at radius 2 is 1.86 bits per heavy atom. The van der Waals surface area contributed by atoms with Crippen LogP contribution in [0.5, 0.6) is 5.75 Å². The van der Waals surface area contributed by atoms with Crippen molar-refractivity contribution in [2.75, 3.05) is 7.11 Å². The van der Waals surface area contributed by atoms with Gasteiger partial charge in [-0.05, 0) is 24.6 Å². The number of methoxy groups -OCH3 is 1. The minimum absolute atomic E-state index is 0.0189. The van der Waals surface area contributed by atoms with Crippen molar-refractivity contribution in [1.29, 1.82) is 0 Å². The van der Waals surface area contributed by atoms with Crippen molar-refractivity contribution in [1.82, 2.24) is 4.57 Å². The second kappa shape index (κ2) is 5.75. The number of aliphatic hydroxyl groups excluding tert-OH is 2. The lowest BCUT2D eigenvalue weighted by atomic mass is 10.1. The fraction of sp³-hybridized carbons (Fsp3) is 0.375. The maximum atomic E-state index is 9.60. The molecule has 0 unspecified atom stereocenters. The largest absolute Gasteiger partial charge is 0.497 e. The summed E-state index contributed by atoms with van der Waals surface area (Å²) in [6.45, 7) is 1.97. The summed E-state index contributed by atoms with van der Waals surface area (Å²) in [7, 11) is 1.66. The molecule has 1 aliphatic heterocycles. The standard InChI is InChI=1S/C16H19NO3S/c1-10-13(7-18)14(8-19)15-9-21-16(17(10)15)11-3-5-12(20-2)6-4-11/h3-6,16,18-19H,7-9H2,1-2H3/t16-/m0/s1. The first-order valence-corrected chi connectivity index (χ1v) is 7.94. The molecule has 2 N–H and O–H groups in total. The Balaban J connectivity index is 2.05. The van der Waals surface area contributed by atoms with E-state index in [2.05, 4.69) is 16.7 Å². The number of ether oxygens (including phenoxy) is 1. The van der Waals surface area contributed by atoms with Crippen LogP contribution < -0.4 is 4.74 Å². The zero-order valence-corrected chi connectivity index (χ0v) is 13.0. The molecule has 3 rings (SSSR count). The van der Waals surface area contributed by atoms with Gasteiger partial charge in [0.25, 0.3) is 0 Å². The molecule has 4 nitrogen and oxygen atoms in total. The van der Waals surface area contributed by atoms with E-state index in [4.69, 9.17) is 4.74 Å². The van der Waals surface area contributed by atoms with Crippen molar-refractivity contribution in [3.63, 3.8) is 0 Å². The first-order valence-electron chi connectivity index (χ1n) is 6.90. The number of hydrogen-bond acceptors (Lipinski definition) is 4. The summed E-state index contributed by atoms with van der Waals surface area (Å²) in [4.78, 5) is 0. The maximum absolute atomic E-state index is 9.60. The Kier molecular flexibility index (Phi) is 3.97. The van der Waals surface area contributed by atoms with Crippen molar-refractivity contribution < 1.29 is 14.9 Å². The van der Waals surface area contributed by atoms with Crippen LogP contribution in [0.4, 0.5) is 0 Å². The number of fused-ring (bicyclic) bond motifs is 1. The molecular formula is C16H19NO3S. The Hall–Kier alpha value is -1.43. The van der Waals surface area contributed by atoms with Crippen molar-refractivity contribution in [2.45, 2.75) is 31.3 Å². The molecule has 1 aliphatic rings. The monoisotopic (exact) mass is 305 g/mol. The summed E-state index contributed by atoms with van der Waals surface area (Å²) < 4.78 is 7.44. The van der Waals surface area contributed by atoms with Gasteiger partial charge in [0, 0.05) is 28.3 Å². The molecule has 0 aliphatic carbocycles. The molecule has 0 spiro atoms. The van der Waals surface area contributed by atoms with E-state index >= 15 is 0 Å². The highest BCUT2D eigenvalue weighted by molar-refractivity contribution is 7.99. The minimum atomic E-state index is -0.0261. The average Bonchev–Trinajstić information content (AvgIpc) is 3.06. The van der Waals surface area contributed by atoms with Crippen LogP contribution in [0.1, 0.15) is 33.5 Å². The number of benzene rings is 1. The maximum Gasteiger partial charge on any atom is 0.118 e. The summed E-state index contributed by atoms with van der Waals surface area (Å²) in [6, 6.07) is 8.07. The van der Waals surface area contributed by atoms with Crippen LogP contribution in [0, 0.1) is 6.92 Å². The van der Waals surface area contributed by atoms with E-state index in [9.17, 15) is 10.2 Å². The molecule has 5 heteroatoms. The molecule has 21 heavy (non-hydrogen) atoms. The highest BCUT2D eigenvalue weighted by atomic mass is 32.2. The van der Waals surface area contributed by atoms with E-state index in [1.54, 1.807) is 7.11 Å². The van der Waals surface area contributed by atoms with Crippen LogP contribution in [0.3, 0.4) is 0 Å². The van der Waals surface area contributed by atoms with E-state index in [1.807, 2.05) is 30.8 Å². The van der Waals surface area contributed by atoms with Gasteiger partial charge in [0.05, 0.1) is 20.3 Å². The second-order valence-electron chi connectivity index (χ2n) is 5.11. The van der Waals surface area contributed by atoms with Gasteiger partial charge in [-0.1, -0.05) is 12.1 Å². The molecule has 112 valence electrons. The predicted octanol–water partition coefficient (Wildman–Crippen LogP) is 2.58. The number of hydrogen-bond donors (Lipinski definition) is 2. The molecular weight excluding hydrogens is 286 g/mol. The van der Waals surface area contributed by atoms with Gasteiger partial charge in [-0.25, -0.2) is 0 Å². The van der Waals surface area contributed by atoms with E-state index in [0.29, 0.717) is 0 Å². The number of aliphatic hydroxyl groups is 2. The molecule has 2 heterocycles. The van der Waals surface area contributed by atoms with Crippen molar-refractivity contribution in [3.05, 3.63) is 52.3 Å². The topological polar surface area (TPSA) is 54.6 Å². The van der Waals surface area contributed by atoms with E-state index in [-0.39, 0.29) is 18.6 Å². The van der Waals surface area contributed by atoms with Crippen LogP contribution in [-0.2, 0) is 19.0 Å². The lowest BCUT2D eigenvalue weighted by Crippen LogP contribution is -2.06. The smallest absolute Gasteiger partial charge is 0.118 e. The summed E-state index contributed by atoms with van der Waals surface area (Å²) >= 11 is 1.84. The molecule has 0 radical (unpaired) electrons. The zero-order valence-electron chi connectivity index (χ0n) is 12.2. The van der Waals surface area contributed by atoms with Gasteiger partial charge in [-0.15, -0.1) is 11.8 Å². The third-order valence-electron chi connectivity index (χ3n) is 4.13. The van der Waals surface area contributed by atoms with Crippen LogP contribution in [0.15, 0.2) is 24.3 Å². The van der Waals surface area contributed by atoms with Crippen molar-refractivity contribution >= 4 is 11.8 Å². The second-order valence-corrected chi connectivity index (χ2v) is 6.18. The van der Waals surface area contributed by atoms with E-state index in [1.165, 1.54) is 5.56 Å². The number of aromatic nitrogens is 1. The lowest BCUT2D eigenvalue weighted by Gasteiger charge is -2.16. The molecule has 0 amide bonds. The van der Waals surface area contributed by atoms with Gasteiger partial charge >= 0.3 is 0 Å². The molecule has 1 aromatic heterocycles. The third-order valence-corrected chi connectivity index (χ3v) is 5.37. The molecule has 0 saturated heterocycles. The average molecular weight is 305 g/mol. The molecule has 0 saturated carbocycles. The van der Waals surface area contributed by atoms with Crippen molar-refractivity contribution in [2.24, 2.45) is 0 Å². The number of thioether (sulfide) groups is 1. The van der Waals surface area contributed by atoms with Gasteiger partial charge < -0.3 is 19.5 Å².